The molecule has 2 aromatic rings. The van der Waals surface area contributed by atoms with E-state index >= 15 is 0 Å². The third kappa shape index (κ3) is 2.86. The molecule has 0 radical (unpaired) electrons. The van der Waals surface area contributed by atoms with Gasteiger partial charge in [-0.15, -0.1) is 22.9 Å². The molecule has 0 amide bonds. The van der Waals surface area contributed by atoms with E-state index in [0.29, 0.717) is 18.7 Å². The molecule has 0 N–H and O–H groups in total. The highest BCUT2D eigenvalue weighted by molar-refractivity contribution is 7.20. The zero-order valence-electron chi connectivity index (χ0n) is 8.18. The Bertz CT molecular complexity index is 549. The maximum atomic E-state index is 6.35. The monoisotopic (exact) mass is 344 g/mol. The summed E-state index contributed by atoms with van der Waals surface area (Å²) in [6, 6.07) is 7.05. The second kappa shape index (κ2) is 5.56. The summed E-state index contributed by atoms with van der Waals surface area (Å²) in [5, 5.41) is 0.442. The Labute approximate surface area is 128 Å². The van der Waals surface area contributed by atoms with Crippen LogP contribution < -0.4 is 0 Å². The standard InChI is InChI=1S/C11H5Cl5S/c12-7-3-1-2-5(10(7)15)9(14)6-4-8(13)17-11(6)16/h1-4,9H. The maximum Gasteiger partial charge on any atom is 0.0994 e. The molecule has 1 aromatic carbocycles. The lowest BCUT2D eigenvalue weighted by Gasteiger charge is -2.11. The van der Waals surface area contributed by atoms with Gasteiger partial charge in [0.2, 0.25) is 0 Å². The van der Waals surface area contributed by atoms with Gasteiger partial charge >= 0.3 is 0 Å². The summed E-state index contributed by atoms with van der Waals surface area (Å²) in [6.07, 6.45) is 0. The van der Waals surface area contributed by atoms with Crippen LogP contribution in [0.3, 0.4) is 0 Å². The second-order valence-corrected chi connectivity index (χ2v) is 6.79. The Morgan fingerprint density at radius 2 is 1.71 bits per heavy atom. The van der Waals surface area contributed by atoms with Gasteiger partial charge in [0.25, 0.3) is 0 Å². The number of thiophene rings is 1. The van der Waals surface area contributed by atoms with Crippen molar-refractivity contribution in [1.29, 1.82) is 0 Å². The molecular weight excluding hydrogens is 341 g/mol. The topological polar surface area (TPSA) is 0 Å². The highest BCUT2D eigenvalue weighted by Crippen LogP contribution is 2.43. The Balaban J connectivity index is 2.47. The summed E-state index contributed by atoms with van der Waals surface area (Å²) in [7, 11) is 0. The summed E-state index contributed by atoms with van der Waals surface area (Å²) in [6.45, 7) is 0. The van der Waals surface area contributed by atoms with E-state index in [0.717, 1.165) is 11.1 Å². The van der Waals surface area contributed by atoms with Crippen molar-refractivity contribution in [3.63, 3.8) is 0 Å². The second-order valence-electron chi connectivity index (χ2n) is 3.29. The Kier molecular flexibility index (Phi) is 4.51. The first-order valence-electron chi connectivity index (χ1n) is 4.53. The number of hydrogen-bond donors (Lipinski definition) is 0. The highest BCUT2D eigenvalue weighted by atomic mass is 35.5. The quantitative estimate of drug-likeness (QED) is 0.531. The fraction of sp³-hybridized carbons (Fsp3) is 0.0909. The molecule has 0 aliphatic rings. The number of benzene rings is 1. The molecule has 2 rings (SSSR count). The molecule has 1 heterocycles. The summed E-state index contributed by atoms with van der Waals surface area (Å²) in [5.41, 5.74) is 1.46. The van der Waals surface area contributed by atoms with E-state index in [1.165, 1.54) is 11.3 Å². The minimum absolute atomic E-state index is 0.438. The van der Waals surface area contributed by atoms with Gasteiger partial charge in [0, 0.05) is 5.56 Å². The minimum Gasteiger partial charge on any atom is -0.112 e. The van der Waals surface area contributed by atoms with Crippen LogP contribution in [0.2, 0.25) is 18.7 Å². The van der Waals surface area contributed by atoms with E-state index in [1.807, 2.05) is 6.07 Å². The summed E-state index contributed by atoms with van der Waals surface area (Å²) >= 11 is 31.6. The van der Waals surface area contributed by atoms with Gasteiger partial charge in [0.1, 0.15) is 0 Å². The van der Waals surface area contributed by atoms with Crippen LogP contribution in [0.25, 0.3) is 0 Å². The van der Waals surface area contributed by atoms with Crippen LogP contribution in [0, 0.1) is 0 Å². The molecule has 0 saturated carbocycles. The SMILES string of the molecule is Clc1cc(C(Cl)c2cccc(Cl)c2Cl)c(Cl)s1. The van der Waals surface area contributed by atoms with Gasteiger partial charge in [-0.2, -0.15) is 0 Å². The van der Waals surface area contributed by atoms with Crippen LogP contribution in [0.15, 0.2) is 24.3 Å². The van der Waals surface area contributed by atoms with Crippen molar-refractivity contribution < 1.29 is 0 Å². The van der Waals surface area contributed by atoms with Gasteiger partial charge in [-0.3, -0.25) is 0 Å². The summed E-state index contributed by atoms with van der Waals surface area (Å²) in [5.74, 6) is 0. The van der Waals surface area contributed by atoms with Crippen molar-refractivity contribution in [2.45, 2.75) is 5.38 Å². The molecule has 1 unspecified atom stereocenters. The van der Waals surface area contributed by atoms with Gasteiger partial charge in [-0.05, 0) is 17.7 Å². The summed E-state index contributed by atoms with van der Waals surface area (Å²) in [4.78, 5) is 0. The lowest BCUT2D eigenvalue weighted by Crippen LogP contribution is -1.93. The predicted molar refractivity (Wildman–Crippen MR) is 78.5 cm³/mol. The molecule has 0 aliphatic carbocycles. The Morgan fingerprint density at radius 1 is 1.00 bits per heavy atom. The average Bonchev–Trinajstić information content (AvgIpc) is 2.61. The van der Waals surface area contributed by atoms with Gasteiger partial charge in [-0.1, -0.05) is 58.5 Å². The lowest BCUT2D eigenvalue weighted by molar-refractivity contribution is 1.16. The van der Waals surface area contributed by atoms with Gasteiger partial charge < -0.3 is 0 Å². The minimum atomic E-state index is -0.461. The molecule has 0 spiro atoms. The molecule has 17 heavy (non-hydrogen) atoms. The lowest BCUT2D eigenvalue weighted by atomic mass is 10.1. The first kappa shape index (κ1) is 13.8. The van der Waals surface area contributed by atoms with Crippen molar-refractivity contribution >= 4 is 69.3 Å². The third-order valence-corrected chi connectivity index (χ3v) is 5.03. The van der Waals surface area contributed by atoms with Gasteiger partial charge in [0.15, 0.2) is 0 Å². The Morgan fingerprint density at radius 3 is 2.29 bits per heavy atom. The largest absolute Gasteiger partial charge is 0.112 e. The molecule has 0 bridgehead atoms. The van der Waals surface area contributed by atoms with Crippen LogP contribution in [0.4, 0.5) is 0 Å². The zero-order valence-corrected chi connectivity index (χ0v) is 12.8. The van der Waals surface area contributed by atoms with Crippen molar-refractivity contribution in [3.05, 3.63) is 54.1 Å². The average molecular weight is 346 g/mol. The molecule has 1 aromatic heterocycles. The number of rotatable bonds is 2. The van der Waals surface area contributed by atoms with Crippen LogP contribution in [-0.2, 0) is 0 Å². The molecule has 90 valence electrons. The van der Waals surface area contributed by atoms with Crippen LogP contribution in [0.1, 0.15) is 16.5 Å². The first-order valence-corrected chi connectivity index (χ1v) is 7.30. The summed E-state index contributed by atoms with van der Waals surface area (Å²) < 4.78 is 1.15. The smallest absolute Gasteiger partial charge is 0.0994 e. The molecule has 6 heteroatoms. The number of halogens is 5. The fourth-order valence-corrected chi connectivity index (χ4v) is 3.89. The molecule has 1 atom stereocenters. The Hall–Kier alpha value is 0.370. The first-order chi connectivity index (χ1) is 8.00. The molecule has 0 aliphatic heterocycles. The van der Waals surface area contributed by atoms with Crippen LogP contribution >= 0.6 is 69.3 Å². The van der Waals surface area contributed by atoms with Gasteiger partial charge in [-0.25, -0.2) is 0 Å². The van der Waals surface area contributed by atoms with Gasteiger partial charge in [0.05, 0.1) is 24.1 Å². The van der Waals surface area contributed by atoms with E-state index in [-0.39, 0.29) is 0 Å². The van der Waals surface area contributed by atoms with E-state index in [2.05, 4.69) is 0 Å². The van der Waals surface area contributed by atoms with E-state index in [1.54, 1.807) is 18.2 Å². The number of alkyl halides is 1. The van der Waals surface area contributed by atoms with E-state index in [4.69, 9.17) is 58.0 Å². The maximum absolute atomic E-state index is 6.35. The third-order valence-electron chi connectivity index (χ3n) is 2.21. The molecule has 0 fully saturated rings. The molecule has 0 nitrogen and oxygen atoms in total. The van der Waals surface area contributed by atoms with E-state index < -0.39 is 5.38 Å². The van der Waals surface area contributed by atoms with Crippen molar-refractivity contribution in [2.24, 2.45) is 0 Å². The number of hydrogen-bond acceptors (Lipinski definition) is 1. The van der Waals surface area contributed by atoms with Crippen molar-refractivity contribution in [3.8, 4) is 0 Å². The predicted octanol–water partition coefficient (Wildman–Crippen LogP) is 6.69. The zero-order chi connectivity index (χ0) is 12.6. The molecular formula is C11H5Cl5S. The molecule has 0 saturated heterocycles. The van der Waals surface area contributed by atoms with Crippen LogP contribution in [-0.4, -0.2) is 0 Å². The fourth-order valence-electron chi connectivity index (χ4n) is 1.41. The van der Waals surface area contributed by atoms with Crippen LogP contribution in [0.5, 0.6) is 0 Å². The van der Waals surface area contributed by atoms with E-state index in [9.17, 15) is 0 Å². The van der Waals surface area contributed by atoms with Crippen molar-refractivity contribution in [2.75, 3.05) is 0 Å². The normalized spacial score (nSPS) is 12.8. The van der Waals surface area contributed by atoms with Crippen molar-refractivity contribution in [1.82, 2.24) is 0 Å². The highest BCUT2D eigenvalue weighted by Gasteiger charge is 2.20.